The average molecular weight is 226 g/mol. The molecule has 2 rings (SSSR count). The van der Waals surface area contributed by atoms with Crippen LogP contribution in [-0.4, -0.2) is 10.1 Å². The first-order chi connectivity index (χ1) is 7.04. The third-order valence-corrected chi connectivity index (χ3v) is 3.54. The summed E-state index contributed by atoms with van der Waals surface area (Å²) >= 11 is 5.86. The van der Waals surface area contributed by atoms with Crippen molar-refractivity contribution in [2.45, 2.75) is 38.7 Å². The molecule has 1 atom stereocenters. The first kappa shape index (κ1) is 10.9. The SMILES string of the molecule is CC(C)C1(O)CCCc2nc(Cl)ccc21. The lowest BCUT2D eigenvalue weighted by atomic mass is 9.75. The highest BCUT2D eigenvalue weighted by atomic mass is 35.5. The highest BCUT2D eigenvalue weighted by Crippen LogP contribution is 2.40. The number of fused-ring (bicyclic) bond motifs is 1. The van der Waals surface area contributed by atoms with Crippen molar-refractivity contribution in [3.05, 3.63) is 28.5 Å². The molecule has 0 aliphatic heterocycles. The number of hydrogen-bond donors (Lipinski definition) is 1. The van der Waals surface area contributed by atoms with Crippen molar-refractivity contribution < 1.29 is 5.11 Å². The second-order valence-corrected chi connectivity index (χ2v) is 4.95. The van der Waals surface area contributed by atoms with Crippen LogP contribution in [0, 0.1) is 5.92 Å². The molecule has 0 spiro atoms. The Morgan fingerprint density at radius 2 is 2.20 bits per heavy atom. The Balaban J connectivity index is 2.51. The summed E-state index contributed by atoms with van der Waals surface area (Å²) in [5.74, 6) is 0.208. The molecular weight excluding hydrogens is 210 g/mol. The third-order valence-electron chi connectivity index (χ3n) is 3.33. The van der Waals surface area contributed by atoms with E-state index >= 15 is 0 Å². The van der Waals surface area contributed by atoms with Crippen LogP contribution in [0.2, 0.25) is 5.15 Å². The van der Waals surface area contributed by atoms with Gasteiger partial charge in [0.05, 0.1) is 5.60 Å². The molecule has 1 unspecified atom stereocenters. The maximum atomic E-state index is 10.6. The van der Waals surface area contributed by atoms with Gasteiger partial charge < -0.3 is 5.11 Å². The number of halogens is 1. The lowest BCUT2D eigenvalue weighted by Crippen LogP contribution is -2.36. The molecule has 0 fully saturated rings. The molecule has 0 aromatic carbocycles. The van der Waals surface area contributed by atoms with Crippen LogP contribution in [0.3, 0.4) is 0 Å². The maximum absolute atomic E-state index is 10.6. The molecule has 0 bridgehead atoms. The molecule has 1 heterocycles. The molecule has 82 valence electrons. The van der Waals surface area contributed by atoms with E-state index in [1.54, 1.807) is 6.07 Å². The van der Waals surface area contributed by atoms with Crippen LogP contribution in [0.15, 0.2) is 12.1 Å². The Bertz CT molecular complexity index is 378. The minimum atomic E-state index is -0.717. The number of nitrogens with zero attached hydrogens (tertiary/aromatic N) is 1. The highest BCUT2D eigenvalue weighted by molar-refractivity contribution is 6.29. The van der Waals surface area contributed by atoms with Crippen molar-refractivity contribution in [3.63, 3.8) is 0 Å². The summed E-state index contributed by atoms with van der Waals surface area (Å²) in [6, 6.07) is 3.68. The van der Waals surface area contributed by atoms with Crippen molar-refractivity contribution in [2.75, 3.05) is 0 Å². The minimum Gasteiger partial charge on any atom is -0.385 e. The summed E-state index contributed by atoms with van der Waals surface area (Å²) < 4.78 is 0. The molecule has 0 saturated heterocycles. The predicted octanol–water partition coefficient (Wildman–Crippen LogP) is 2.91. The van der Waals surface area contributed by atoms with E-state index in [1.807, 2.05) is 19.9 Å². The van der Waals surface area contributed by atoms with Crippen molar-refractivity contribution in [1.29, 1.82) is 0 Å². The lowest BCUT2D eigenvalue weighted by Gasteiger charge is -2.37. The first-order valence-electron chi connectivity index (χ1n) is 5.42. The Labute approximate surface area is 95.3 Å². The van der Waals surface area contributed by atoms with Crippen LogP contribution in [0.5, 0.6) is 0 Å². The van der Waals surface area contributed by atoms with Crippen LogP contribution < -0.4 is 0 Å². The molecule has 3 heteroatoms. The van der Waals surface area contributed by atoms with Crippen molar-refractivity contribution in [3.8, 4) is 0 Å². The average Bonchev–Trinajstić information content (AvgIpc) is 2.17. The van der Waals surface area contributed by atoms with Crippen molar-refractivity contribution in [2.24, 2.45) is 5.92 Å². The number of aliphatic hydroxyl groups is 1. The first-order valence-corrected chi connectivity index (χ1v) is 5.80. The van der Waals surface area contributed by atoms with Crippen molar-refractivity contribution in [1.82, 2.24) is 4.98 Å². The monoisotopic (exact) mass is 225 g/mol. The van der Waals surface area contributed by atoms with Gasteiger partial charge in [0.1, 0.15) is 5.15 Å². The van der Waals surface area contributed by atoms with Gasteiger partial charge in [0, 0.05) is 11.3 Å². The molecule has 2 nitrogen and oxygen atoms in total. The van der Waals surface area contributed by atoms with Crippen LogP contribution >= 0.6 is 11.6 Å². The second kappa shape index (κ2) is 3.76. The van der Waals surface area contributed by atoms with Gasteiger partial charge in [-0.25, -0.2) is 4.98 Å². The predicted molar refractivity (Wildman–Crippen MR) is 60.9 cm³/mol. The molecule has 1 aromatic rings. The van der Waals surface area contributed by atoms with E-state index in [1.165, 1.54) is 0 Å². The summed E-state index contributed by atoms with van der Waals surface area (Å²) in [4.78, 5) is 4.30. The summed E-state index contributed by atoms with van der Waals surface area (Å²) in [6.07, 6.45) is 2.72. The standard InChI is InChI=1S/C12H16ClNO/c1-8(2)12(15)7-3-4-10-9(12)5-6-11(13)14-10/h5-6,8,15H,3-4,7H2,1-2H3. The second-order valence-electron chi connectivity index (χ2n) is 4.56. The molecule has 1 aliphatic carbocycles. The summed E-state index contributed by atoms with van der Waals surface area (Å²) in [7, 11) is 0. The fourth-order valence-corrected chi connectivity index (χ4v) is 2.48. The number of pyridine rings is 1. The van der Waals surface area contributed by atoms with Gasteiger partial charge in [-0.1, -0.05) is 31.5 Å². The zero-order valence-corrected chi connectivity index (χ0v) is 9.88. The third kappa shape index (κ3) is 1.77. The van der Waals surface area contributed by atoms with Crippen LogP contribution in [0.4, 0.5) is 0 Å². The largest absolute Gasteiger partial charge is 0.385 e. The normalized spacial score (nSPS) is 25.4. The molecule has 15 heavy (non-hydrogen) atoms. The number of aromatic nitrogens is 1. The Morgan fingerprint density at radius 3 is 2.87 bits per heavy atom. The van der Waals surface area contributed by atoms with E-state index in [-0.39, 0.29) is 5.92 Å². The molecular formula is C12H16ClNO. The topological polar surface area (TPSA) is 33.1 Å². The zero-order valence-electron chi connectivity index (χ0n) is 9.13. The lowest BCUT2D eigenvalue weighted by molar-refractivity contribution is -0.0266. The van der Waals surface area contributed by atoms with Crippen molar-refractivity contribution >= 4 is 11.6 Å². The van der Waals surface area contributed by atoms with Gasteiger partial charge in [0.25, 0.3) is 0 Å². The number of aryl methyl sites for hydroxylation is 1. The van der Waals surface area contributed by atoms with Gasteiger partial charge in [0.2, 0.25) is 0 Å². The zero-order chi connectivity index (χ0) is 11.1. The van der Waals surface area contributed by atoms with E-state index < -0.39 is 5.60 Å². The van der Waals surface area contributed by atoms with Gasteiger partial charge in [-0.05, 0) is 31.2 Å². The molecule has 0 saturated carbocycles. The quantitative estimate of drug-likeness (QED) is 0.746. The molecule has 1 N–H and O–H groups in total. The van der Waals surface area contributed by atoms with Crippen LogP contribution in [-0.2, 0) is 12.0 Å². The van der Waals surface area contributed by atoms with E-state index in [9.17, 15) is 5.11 Å². The van der Waals surface area contributed by atoms with Gasteiger partial charge in [-0.15, -0.1) is 0 Å². The molecule has 1 aromatic heterocycles. The van der Waals surface area contributed by atoms with E-state index in [2.05, 4.69) is 4.98 Å². The van der Waals surface area contributed by atoms with Crippen LogP contribution in [0.25, 0.3) is 0 Å². The smallest absolute Gasteiger partial charge is 0.129 e. The fourth-order valence-electron chi connectivity index (χ4n) is 2.32. The van der Waals surface area contributed by atoms with E-state index in [0.29, 0.717) is 5.15 Å². The summed E-state index contributed by atoms with van der Waals surface area (Å²) in [5, 5.41) is 11.1. The maximum Gasteiger partial charge on any atom is 0.129 e. The van der Waals surface area contributed by atoms with Gasteiger partial charge in [0.15, 0.2) is 0 Å². The van der Waals surface area contributed by atoms with Gasteiger partial charge in [-0.2, -0.15) is 0 Å². The Hall–Kier alpha value is -0.600. The summed E-state index contributed by atoms with van der Waals surface area (Å²) in [5.41, 5.74) is 1.21. The van der Waals surface area contributed by atoms with Crippen LogP contribution in [0.1, 0.15) is 37.9 Å². The van der Waals surface area contributed by atoms with E-state index in [0.717, 1.165) is 30.5 Å². The van der Waals surface area contributed by atoms with Gasteiger partial charge in [-0.3, -0.25) is 0 Å². The molecule has 0 radical (unpaired) electrons. The molecule has 1 aliphatic rings. The van der Waals surface area contributed by atoms with E-state index in [4.69, 9.17) is 11.6 Å². The fraction of sp³-hybridized carbons (Fsp3) is 0.583. The van der Waals surface area contributed by atoms with Gasteiger partial charge >= 0.3 is 0 Å². The summed E-state index contributed by atoms with van der Waals surface area (Å²) in [6.45, 7) is 4.09. The molecule has 0 amide bonds. The number of rotatable bonds is 1. The highest BCUT2D eigenvalue weighted by Gasteiger charge is 2.37. The minimum absolute atomic E-state index is 0.208. The Kier molecular flexibility index (Phi) is 2.73. The Morgan fingerprint density at radius 1 is 1.47 bits per heavy atom. The number of hydrogen-bond acceptors (Lipinski definition) is 2.